The maximum absolute atomic E-state index is 12.7. The van der Waals surface area contributed by atoms with E-state index >= 15 is 0 Å². The number of likely N-dealkylation sites (tertiary alicyclic amines) is 1. The van der Waals surface area contributed by atoms with Crippen molar-refractivity contribution in [1.29, 1.82) is 0 Å². The van der Waals surface area contributed by atoms with Gasteiger partial charge in [-0.2, -0.15) is 4.98 Å². The van der Waals surface area contributed by atoms with Crippen LogP contribution in [0.5, 0.6) is 0 Å². The first-order valence-corrected chi connectivity index (χ1v) is 9.35. The second-order valence-electron chi connectivity index (χ2n) is 7.13. The lowest BCUT2D eigenvalue weighted by Gasteiger charge is -2.32. The number of nitrogens with zero attached hydrogens (tertiary/aromatic N) is 4. The first-order valence-electron chi connectivity index (χ1n) is 9.35. The van der Waals surface area contributed by atoms with Crippen LogP contribution in [-0.4, -0.2) is 51.7 Å². The monoisotopic (exact) mass is 356 g/mol. The molecule has 0 aromatic carbocycles. The lowest BCUT2D eigenvalue weighted by Crippen LogP contribution is -2.43. The number of hydrogen-bond acceptors (Lipinski definition) is 6. The molecule has 2 aromatic rings. The van der Waals surface area contributed by atoms with Crippen molar-refractivity contribution in [1.82, 2.24) is 20.0 Å². The van der Waals surface area contributed by atoms with E-state index in [0.717, 1.165) is 43.7 Å². The van der Waals surface area contributed by atoms with E-state index in [1.165, 1.54) is 0 Å². The Balaban J connectivity index is 1.27. The van der Waals surface area contributed by atoms with Gasteiger partial charge in [-0.05, 0) is 44.2 Å². The Kier molecular flexibility index (Phi) is 4.97. The molecule has 138 valence electrons. The molecule has 1 saturated heterocycles. The molecule has 1 atom stereocenters. The van der Waals surface area contributed by atoms with Gasteiger partial charge in [-0.15, -0.1) is 0 Å². The van der Waals surface area contributed by atoms with Crippen molar-refractivity contribution < 1.29 is 14.1 Å². The largest absolute Gasteiger partial charge is 0.376 e. The van der Waals surface area contributed by atoms with Crippen molar-refractivity contribution in [2.24, 2.45) is 0 Å². The predicted octanol–water partition coefficient (Wildman–Crippen LogP) is 2.51. The molecular formula is C19H24N4O3. The zero-order chi connectivity index (χ0) is 17.9. The van der Waals surface area contributed by atoms with Crippen LogP contribution in [0.1, 0.15) is 59.4 Å². The second kappa shape index (κ2) is 7.53. The molecule has 0 N–H and O–H groups in total. The highest BCUT2D eigenvalue weighted by molar-refractivity contribution is 5.93. The molecule has 1 unspecified atom stereocenters. The Morgan fingerprint density at radius 1 is 1.38 bits per heavy atom. The van der Waals surface area contributed by atoms with Gasteiger partial charge in [-0.25, -0.2) is 0 Å². The van der Waals surface area contributed by atoms with E-state index in [1.54, 1.807) is 6.20 Å². The molecule has 1 saturated carbocycles. The van der Waals surface area contributed by atoms with Crippen LogP contribution in [0.3, 0.4) is 0 Å². The Bertz CT molecular complexity index is 772. The average molecular weight is 356 g/mol. The molecule has 0 spiro atoms. The Morgan fingerprint density at radius 3 is 3.08 bits per heavy atom. The molecule has 2 fully saturated rings. The minimum Gasteiger partial charge on any atom is -0.376 e. The molecule has 1 aliphatic carbocycles. The smallest absolute Gasteiger partial charge is 0.272 e. The van der Waals surface area contributed by atoms with Gasteiger partial charge in [-0.3, -0.25) is 9.78 Å². The number of carbonyl (C=O) groups excluding carboxylic acids is 1. The summed E-state index contributed by atoms with van der Waals surface area (Å²) in [6.45, 7) is 3.82. The summed E-state index contributed by atoms with van der Waals surface area (Å²) in [5.74, 6) is 1.94. The summed E-state index contributed by atoms with van der Waals surface area (Å²) in [6, 6.07) is 3.76. The van der Waals surface area contributed by atoms with Crippen LogP contribution in [0.2, 0.25) is 0 Å². The third kappa shape index (κ3) is 3.93. The third-order valence-electron chi connectivity index (χ3n) is 4.97. The summed E-state index contributed by atoms with van der Waals surface area (Å²) in [5, 5.41) is 4.01. The molecule has 4 rings (SSSR count). The predicted molar refractivity (Wildman–Crippen MR) is 93.8 cm³/mol. The summed E-state index contributed by atoms with van der Waals surface area (Å²) in [4.78, 5) is 23.2. The van der Waals surface area contributed by atoms with Gasteiger partial charge < -0.3 is 14.2 Å². The lowest BCUT2D eigenvalue weighted by molar-refractivity contribution is 0.00229. The summed E-state index contributed by atoms with van der Waals surface area (Å²) < 4.78 is 11.2. The zero-order valence-electron chi connectivity index (χ0n) is 15.1. The Hall–Kier alpha value is -2.28. The number of piperidine rings is 1. The van der Waals surface area contributed by atoms with Gasteiger partial charge in [0, 0.05) is 31.6 Å². The minimum absolute atomic E-state index is 0.0105. The van der Waals surface area contributed by atoms with Gasteiger partial charge in [0.2, 0.25) is 5.89 Å². The highest BCUT2D eigenvalue weighted by atomic mass is 16.5. The second-order valence-corrected chi connectivity index (χ2v) is 7.13. The number of aryl methyl sites for hydroxylation is 1. The average Bonchev–Trinajstić information content (AvgIpc) is 3.41. The van der Waals surface area contributed by atoms with Crippen LogP contribution >= 0.6 is 0 Å². The number of pyridine rings is 1. The molecule has 3 heterocycles. The molecule has 7 heteroatoms. The number of amides is 1. The van der Waals surface area contributed by atoms with Crippen molar-refractivity contribution in [3.05, 3.63) is 41.3 Å². The minimum atomic E-state index is -0.0105. The van der Waals surface area contributed by atoms with Crippen LogP contribution in [0.25, 0.3) is 0 Å². The van der Waals surface area contributed by atoms with Crippen LogP contribution in [-0.2, 0) is 11.2 Å². The highest BCUT2D eigenvalue weighted by Crippen LogP contribution is 2.38. The zero-order valence-corrected chi connectivity index (χ0v) is 15.1. The summed E-state index contributed by atoms with van der Waals surface area (Å²) in [5.41, 5.74) is 1.44. The topological polar surface area (TPSA) is 81.4 Å². The van der Waals surface area contributed by atoms with Gasteiger partial charge in [0.1, 0.15) is 5.69 Å². The van der Waals surface area contributed by atoms with Crippen molar-refractivity contribution >= 4 is 5.91 Å². The number of rotatable bonds is 6. The fraction of sp³-hybridized carbons (Fsp3) is 0.579. The van der Waals surface area contributed by atoms with E-state index in [-0.39, 0.29) is 12.0 Å². The standard InChI is InChI=1S/C19H24N4O3/c1-13-4-2-9-20-17(13)19(24)23-10-3-5-15(12-23)25-11-8-16-21-18(26-22-16)14-6-7-14/h2,4,9,14-15H,3,5-8,10-12H2,1H3. The molecule has 2 aliphatic rings. The van der Waals surface area contributed by atoms with E-state index < -0.39 is 0 Å². The van der Waals surface area contributed by atoms with Gasteiger partial charge in [0.15, 0.2) is 5.82 Å². The first kappa shape index (κ1) is 17.1. The molecule has 26 heavy (non-hydrogen) atoms. The molecule has 2 aromatic heterocycles. The fourth-order valence-corrected chi connectivity index (χ4v) is 3.30. The van der Waals surface area contributed by atoms with Crippen LogP contribution in [0, 0.1) is 6.92 Å². The number of aromatic nitrogens is 3. The fourth-order valence-electron chi connectivity index (χ4n) is 3.30. The number of hydrogen-bond donors (Lipinski definition) is 0. The summed E-state index contributed by atoms with van der Waals surface area (Å²) >= 11 is 0. The molecular weight excluding hydrogens is 332 g/mol. The molecule has 1 amide bonds. The van der Waals surface area contributed by atoms with Gasteiger partial charge in [-0.1, -0.05) is 11.2 Å². The van der Waals surface area contributed by atoms with Crippen LogP contribution < -0.4 is 0 Å². The maximum atomic E-state index is 12.7. The summed E-state index contributed by atoms with van der Waals surface area (Å²) in [6.07, 6.45) is 6.56. The van der Waals surface area contributed by atoms with E-state index in [2.05, 4.69) is 15.1 Å². The third-order valence-corrected chi connectivity index (χ3v) is 4.97. The van der Waals surface area contributed by atoms with Gasteiger partial charge in [0.05, 0.1) is 12.7 Å². The first-order chi connectivity index (χ1) is 12.7. The van der Waals surface area contributed by atoms with Crippen molar-refractivity contribution in [3.8, 4) is 0 Å². The Morgan fingerprint density at radius 2 is 2.27 bits per heavy atom. The summed E-state index contributed by atoms with van der Waals surface area (Å²) in [7, 11) is 0. The van der Waals surface area contributed by atoms with Crippen molar-refractivity contribution in [2.75, 3.05) is 19.7 Å². The molecule has 1 aliphatic heterocycles. The van der Waals surface area contributed by atoms with Crippen molar-refractivity contribution in [2.45, 2.75) is 51.0 Å². The highest BCUT2D eigenvalue weighted by Gasteiger charge is 2.30. The molecule has 0 bridgehead atoms. The van der Waals surface area contributed by atoms with Crippen LogP contribution in [0.15, 0.2) is 22.9 Å². The van der Waals surface area contributed by atoms with E-state index in [1.807, 2.05) is 24.0 Å². The molecule has 7 nitrogen and oxygen atoms in total. The van der Waals surface area contributed by atoms with Crippen molar-refractivity contribution in [3.63, 3.8) is 0 Å². The Labute approximate surface area is 152 Å². The van der Waals surface area contributed by atoms with Gasteiger partial charge in [0.25, 0.3) is 5.91 Å². The van der Waals surface area contributed by atoms with E-state index in [4.69, 9.17) is 9.26 Å². The lowest BCUT2D eigenvalue weighted by atomic mass is 10.1. The van der Waals surface area contributed by atoms with E-state index in [9.17, 15) is 4.79 Å². The maximum Gasteiger partial charge on any atom is 0.272 e. The van der Waals surface area contributed by atoms with Gasteiger partial charge >= 0.3 is 0 Å². The molecule has 0 radical (unpaired) electrons. The SMILES string of the molecule is Cc1cccnc1C(=O)N1CCCC(OCCc2noc(C3CC3)n2)C1. The normalized spacial score (nSPS) is 20.3. The number of carbonyl (C=O) groups is 1. The quantitative estimate of drug-likeness (QED) is 0.791. The van der Waals surface area contributed by atoms with Crippen LogP contribution in [0.4, 0.5) is 0 Å². The van der Waals surface area contributed by atoms with E-state index in [0.29, 0.717) is 37.0 Å². The number of ether oxygens (including phenoxy) is 1.